The number of aryl methyl sites for hydroxylation is 1. The van der Waals surface area contributed by atoms with Crippen molar-refractivity contribution in [3.8, 4) is 0 Å². The summed E-state index contributed by atoms with van der Waals surface area (Å²) in [6.07, 6.45) is 3.46. The molecule has 2 aromatic rings. The van der Waals surface area contributed by atoms with Crippen LogP contribution in [0.1, 0.15) is 38.1 Å². The predicted octanol–water partition coefficient (Wildman–Crippen LogP) is 2.22. The van der Waals surface area contributed by atoms with Crippen LogP contribution in [0.5, 0.6) is 0 Å². The molecule has 0 bridgehead atoms. The minimum atomic E-state index is -0.301. The molecule has 0 aliphatic carbocycles. The van der Waals surface area contributed by atoms with Gasteiger partial charge in [-0.05, 0) is 38.4 Å². The van der Waals surface area contributed by atoms with Crippen LogP contribution in [0, 0.1) is 5.41 Å². The maximum absolute atomic E-state index is 12.7. The van der Waals surface area contributed by atoms with Crippen LogP contribution in [0.4, 0.5) is 0 Å². The lowest BCUT2D eigenvalue weighted by atomic mass is 9.79. The molecule has 1 aromatic carbocycles. The first kappa shape index (κ1) is 17.6. The Labute approximate surface area is 149 Å². The van der Waals surface area contributed by atoms with Crippen molar-refractivity contribution in [2.45, 2.75) is 46.3 Å². The number of hydrogen-bond acceptors (Lipinski definition) is 4. The Morgan fingerprint density at radius 1 is 1.24 bits per heavy atom. The van der Waals surface area contributed by atoms with Gasteiger partial charge in [-0.2, -0.15) is 0 Å². The average molecular weight is 341 g/mol. The molecule has 134 valence electrons. The van der Waals surface area contributed by atoms with Crippen LogP contribution in [-0.4, -0.2) is 38.7 Å². The Bertz CT molecular complexity index is 689. The molecule has 25 heavy (non-hydrogen) atoms. The van der Waals surface area contributed by atoms with Gasteiger partial charge >= 0.3 is 0 Å². The van der Waals surface area contributed by atoms with Gasteiger partial charge in [0.25, 0.3) is 0 Å². The van der Waals surface area contributed by atoms with Crippen molar-refractivity contribution < 1.29 is 4.79 Å². The van der Waals surface area contributed by atoms with E-state index in [-0.39, 0.29) is 11.3 Å². The molecule has 0 unspecified atom stereocenters. The van der Waals surface area contributed by atoms with Gasteiger partial charge in [0.2, 0.25) is 5.91 Å². The van der Waals surface area contributed by atoms with Crippen molar-refractivity contribution in [3.63, 3.8) is 0 Å². The van der Waals surface area contributed by atoms with E-state index in [0.29, 0.717) is 6.54 Å². The fraction of sp³-hybridized carbons (Fsp3) is 0.526. The molecule has 1 aliphatic heterocycles. The highest BCUT2D eigenvalue weighted by atomic mass is 16.2. The molecule has 0 radical (unpaired) electrons. The third-order valence-electron chi connectivity index (χ3n) is 5.20. The Morgan fingerprint density at radius 2 is 1.96 bits per heavy atom. The Kier molecular flexibility index (Phi) is 5.48. The molecule has 3 rings (SSSR count). The number of rotatable bonds is 6. The van der Waals surface area contributed by atoms with Crippen molar-refractivity contribution in [2.75, 3.05) is 13.1 Å². The molecule has 2 heterocycles. The van der Waals surface area contributed by atoms with Gasteiger partial charge < -0.3 is 9.88 Å². The summed E-state index contributed by atoms with van der Waals surface area (Å²) in [5, 5.41) is 11.0. The quantitative estimate of drug-likeness (QED) is 0.875. The number of benzene rings is 1. The van der Waals surface area contributed by atoms with Crippen LogP contribution in [0.3, 0.4) is 0 Å². The molecule has 1 aromatic heterocycles. The third-order valence-corrected chi connectivity index (χ3v) is 5.20. The monoisotopic (exact) mass is 341 g/mol. The number of nitrogens with zero attached hydrogens (tertiary/aromatic N) is 4. The zero-order chi connectivity index (χ0) is 17.7. The largest absolute Gasteiger partial charge is 0.348 e. The van der Waals surface area contributed by atoms with Crippen molar-refractivity contribution in [2.24, 2.45) is 5.41 Å². The van der Waals surface area contributed by atoms with Gasteiger partial charge in [-0.3, -0.25) is 9.69 Å². The van der Waals surface area contributed by atoms with Crippen LogP contribution < -0.4 is 5.32 Å². The Hall–Kier alpha value is -2.21. The highest BCUT2D eigenvalue weighted by molar-refractivity contribution is 5.82. The second-order valence-electron chi connectivity index (χ2n) is 7.04. The number of carbonyl (C=O) groups excluding carboxylic acids is 1. The first-order valence-electron chi connectivity index (χ1n) is 9.02. The maximum Gasteiger partial charge on any atom is 0.226 e. The van der Waals surface area contributed by atoms with Gasteiger partial charge in [-0.25, -0.2) is 0 Å². The lowest BCUT2D eigenvalue weighted by Gasteiger charge is -2.38. The zero-order valence-electron chi connectivity index (χ0n) is 15.1. The van der Waals surface area contributed by atoms with E-state index in [4.69, 9.17) is 0 Å². The van der Waals surface area contributed by atoms with Gasteiger partial charge in [0.1, 0.15) is 6.33 Å². The molecule has 1 fully saturated rings. The number of likely N-dealkylation sites (tertiary alicyclic amines) is 1. The molecular weight excluding hydrogens is 314 g/mol. The van der Waals surface area contributed by atoms with E-state index >= 15 is 0 Å². The second-order valence-corrected chi connectivity index (χ2v) is 7.04. The van der Waals surface area contributed by atoms with E-state index in [9.17, 15) is 4.79 Å². The minimum Gasteiger partial charge on any atom is -0.348 e. The number of aromatic nitrogens is 3. The fourth-order valence-electron chi connectivity index (χ4n) is 3.33. The summed E-state index contributed by atoms with van der Waals surface area (Å²) < 4.78 is 1.95. The standard InChI is InChI=1S/C19H27N5O/c1-3-24-15-21-22-17(24)13-20-18(25)19(2)9-11-23(12-10-19)14-16-7-5-4-6-8-16/h4-8,15H,3,9-14H2,1-2H3,(H,20,25). The third kappa shape index (κ3) is 4.25. The van der Waals surface area contributed by atoms with Crippen molar-refractivity contribution >= 4 is 5.91 Å². The van der Waals surface area contributed by atoms with Gasteiger partial charge in [0.05, 0.1) is 6.54 Å². The second kappa shape index (κ2) is 7.78. The number of carbonyl (C=O) groups is 1. The van der Waals surface area contributed by atoms with Crippen LogP contribution in [-0.2, 0) is 24.4 Å². The van der Waals surface area contributed by atoms with Crippen LogP contribution in [0.25, 0.3) is 0 Å². The number of nitrogens with one attached hydrogen (secondary N) is 1. The Morgan fingerprint density at radius 3 is 2.64 bits per heavy atom. The zero-order valence-corrected chi connectivity index (χ0v) is 15.1. The summed E-state index contributed by atoms with van der Waals surface area (Å²) in [7, 11) is 0. The lowest BCUT2D eigenvalue weighted by molar-refractivity contribution is -0.133. The summed E-state index contributed by atoms with van der Waals surface area (Å²) in [5.74, 6) is 0.929. The molecule has 1 amide bonds. The van der Waals surface area contributed by atoms with Crippen molar-refractivity contribution in [3.05, 3.63) is 48.0 Å². The van der Waals surface area contributed by atoms with Crippen LogP contribution >= 0.6 is 0 Å². The van der Waals surface area contributed by atoms with E-state index in [1.54, 1.807) is 6.33 Å². The predicted molar refractivity (Wildman–Crippen MR) is 96.6 cm³/mol. The first-order valence-corrected chi connectivity index (χ1v) is 9.02. The number of hydrogen-bond donors (Lipinski definition) is 1. The van der Waals surface area contributed by atoms with Crippen LogP contribution in [0.15, 0.2) is 36.7 Å². The summed E-state index contributed by atoms with van der Waals surface area (Å²) in [6.45, 7) is 8.22. The van der Waals surface area contributed by atoms with E-state index in [2.05, 4.69) is 51.6 Å². The minimum absolute atomic E-state index is 0.123. The lowest BCUT2D eigenvalue weighted by Crippen LogP contribution is -2.47. The SMILES string of the molecule is CCn1cnnc1CNC(=O)C1(C)CCN(Cc2ccccc2)CC1. The fourth-order valence-corrected chi connectivity index (χ4v) is 3.33. The Balaban J connectivity index is 1.50. The maximum atomic E-state index is 12.7. The molecule has 6 nitrogen and oxygen atoms in total. The molecule has 0 atom stereocenters. The highest BCUT2D eigenvalue weighted by Gasteiger charge is 2.36. The summed E-state index contributed by atoms with van der Waals surface area (Å²) >= 11 is 0. The highest BCUT2D eigenvalue weighted by Crippen LogP contribution is 2.31. The van der Waals surface area contributed by atoms with E-state index in [1.165, 1.54) is 5.56 Å². The molecule has 0 saturated carbocycles. The topological polar surface area (TPSA) is 63.1 Å². The summed E-state index contributed by atoms with van der Waals surface area (Å²) in [5.41, 5.74) is 1.03. The van der Waals surface area contributed by atoms with E-state index in [0.717, 1.165) is 44.8 Å². The number of piperidine rings is 1. The molecule has 1 aliphatic rings. The van der Waals surface area contributed by atoms with Gasteiger partial charge in [0.15, 0.2) is 5.82 Å². The van der Waals surface area contributed by atoms with Gasteiger partial charge in [-0.1, -0.05) is 37.3 Å². The first-order chi connectivity index (χ1) is 12.1. The molecule has 6 heteroatoms. The molecular formula is C19H27N5O. The summed E-state index contributed by atoms with van der Waals surface area (Å²) in [4.78, 5) is 15.1. The molecule has 1 saturated heterocycles. The number of amides is 1. The average Bonchev–Trinajstić information content (AvgIpc) is 3.10. The van der Waals surface area contributed by atoms with Crippen molar-refractivity contribution in [1.82, 2.24) is 25.0 Å². The van der Waals surface area contributed by atoms with E-state index in [1.807, 2.05) is 17.6 Å². The van der Waals surface area contributed by atoms with Crippen molar-refractivity contribution in [1.29, 1.82) is 0 Å². The van der Waals surface area contributed by atoms with Gasteiger partial charge in [0, 0.05) is 18.5 Å². The molecule has 0 spiro atoms. The van der Waals surface area contributed by atoms with E-state index < -0.39 is 0 Å². The normalized spacial score (nSPS) is 17.4. The molecule has 1 N–H and O–H groups in total. The van der Waals surface area contributed by atoms with Gasteiger partial charge in [-0.15, -0.1) is 10.2 Å². The smallest absolute Gasteiger partial charge is 0.226 e. The van der Waals surface area contributed by atoms with Crippen LogP contribution in [0.2, 0.25) is 0 Å². The summed E-state index contributed by atoms with van der Waals surface area (Å²) in [6, 6.07) is 10.5.